The number of aromatic nitrogens is 2. The number of carboxylic acid groups (broad SMARTS) is 1. The third-order valence-corrected chi connectivity index (χ3v) is 7.98. The van der Waals surface area contributed by atoms with Gasteiger partial charge in [0.1, 0.15) is 0 Å². The third-order valence-electron chi connectivity index (χ3n) is 6.75. The Morgan fingerprint density at radius 3 is 2.48 bits per heavy atom. The average molecular weight is 448 g/mol. The minimum atomic E-state index is -2.78. The molecule has 6 nitrogen and oxygen atoms in total. The lowest BCUT2D eigenvalue weighted by atomic mass is 9.65. The molecule has 9 heteroatoms. The summed E-state index contributed by atoms with van der Waals surface area (Å²) >= 11 is 1.19. The molecule has 0 aromatic carbocycles. The zero-order chi connectivity index (χ0) is 21.9. The third kappa shape index (κ3) is 3.52. The molecular formula is C22H22F2N2O4S. The highest BCUT2D eigenvalue weighted by Crippen LogP contribution is 2.48. The van der Waals surface area contributed by atoms with Crippen LogP contribution < -0.4 is 0 Å². The predicted octanol–water partition coefficient (Wildman–Crippen LogP) is 4.54. The summed E-state index contributed by atoms with van der Waals surface area (Å²) in [4.78, 5) is 30.7. The van der Waals surface area contributed by atoms with Gasteiger partial charge in [-0.3, -0.25) is 4.79 Å². The number of aryl methyl sites for hydroxylation is 1. The van der Waals surface area contributed by atoms with Gasteiger partial charge in [-0.2, -0.15) is 4.98 Å². The fourth-order valence-corrected chi connectivity index (χ4v) is 6.82. The number of nitrogens with zero attached hydrogens (tertiary/aromatic N) is 2. The van der Waals surface area contributed by atoms with Crippen LogP contribution in [0.5, 0.6) is 0 Å². The number of allylic oxidation sites excluding steroid dienone is 1. The summed E-state index contributed by atoms with van der Waals surface area (Å²) in [5, 5.41) is 13.6. The molecule has 0 saturated heterocycles. The van der Waals surface area contributed by atoms with Gasteiger partial charge in [0.2, 0.25) is 0 Å². The SMILES string of the molecule is Cc1noc(-c2c(CC(=O)C3=C(C(=O)O)C4CCC3CC4)sc3c2CCC(F)(F)C3)n1. The Labute approximate surface area is 181 Å². The first-order valence-electron chi connectivity index (χ1n) is 10.6. The molecule has 4 aliphatic rings. The fraction of sp³-hybridized carbons (Fsp3) is 0.545. The lowest BCUT2D eigenvalue weighted by Crippen LogP contribution is -2.34. The van der Waals surface area contributed by atoms with Crippen molar-refractivity contribution < 1.29 is 28.0 Å². The van der Waals surface area contributed by atoms with E-state index in [0.29, 0.717) is 26.7 Å². The van der Waals surface area contributed by atoms with Crippen LogP contribution in [-0.4, -0.2) is 32.9 Å². The van der Waals surface area contributed by atoms with Crippen molar-refractivity contribution in [2.75, 3.05) is 0 Å². The van der Waals surface area contributed by atoms with Crippen LogP contribution in [-0.2, 0) is 28.9 Å². The van der Waals surface area contributed by atoms with Crippen LogP contribution in [0.3, 0.4) is 0 Å². The first-order chi connectivity index (χ1) is 14.7. The molecule has 164 valence electrons. The maximum atomic E-state index is 14.0. The summed E-state index contributed by atoms with van der Waals surface area (Å²) in [6, 6.07) is 0. The number of halogens is 2. The molecule has 0 aliphatic heterocycles. The summed E-state index contributed by atoms with van der Waals surface area (Å²) in [7, 11) is 0. The molecule has 1 saturated carbocycles. The highest BCUT2D eigenvalue weighted by Gasteiger charge is 2.42. The number of fused-ring (bicyclic) bond motifs is 3. The number of carbonyl (C=O) groups is 2. The number of aliphatic carboxylic acids is 1. The molecule has 2 bridgehead atoms. The van der Waals surface area contributed by atoms with Crippen LogP contribution in [0.25, 0.3) is 11.5 Å². The number of hydrogen-bond acceptors (Lipinski definition) is 6. The van der Waals surface area contributed by atoms with Crippen LogP contribution in [0, 0.1) is 18.8 Å². The molecule has 0 unspecified atom stereocenters. The first-order valence-corrected chi connectivity index (χ1v) is 11.4. The van der Waals surface area contributed by atoms with E-state index in [2.05, 4.69) is 10.1 Å². The van der Waals surface area contributed by atoms with Crippen molar-refractivity contribution in [3.63, 3.8) is 0 Å². The minimum Gasteiger partial charge on any atom is -0.478 e. The zero-order valence-corrected chi connectivity index (χ0v) is 17.9. The Kier molecular flexibility index (Phi) is 4.84. The van der Waals surface area contributed by atoms with E-state index >= 15 is 0 Å². The van der Waals surface area contributed by atoms with Gasteiger partial charge in [0, 0.05) is 40.2 Å². The lowest BCUT2D eigenvalue weighted by molar-refractivity contribution is -0.134. The number of thiophene rings is 1. The van der Waals surface area contributed by atoms with Crippen LogP contribution >= 0.6 is 11.3 Å². The standard InChI is InChI=1S/C22H22F2N2O4S/c1-10-25-20(30-26-10)19-13-6-7-22(23,24)9-16(13)31-15(19)8-14(27)17-11-2-4-12(5-3-11)18(17)21(28)29/h11-12H,2-9H2,1H3,(H,28,29). The summed E-state index contributed by atoms with van der Waals surface area (Å²) < 4.78 is 33.4. The molecule has 1 fully saturated rings. The molecule has 2 heterocycles. The summed E-state index contributed by atoms with van der Waals surface area (Å²) in [6.45, 7) is 1.67. The van der Waals surface area contributed by atoms with E-state index in [1.807, 2.05) is 0 Å². The van der Waals surface area contributed by atoms with Crippen LogP contribution in [0.1, 0.15) is 53.2 Å². The smallest absolute Gasteiger partial charge is 0.332 e. The minimum absolute atomic E-state index is 0.0309. The Balaban J connectivity index is 1.56. The second-order valence-electron chi connectivity index (χ2n) is 8.76. The molecule has 0 atom stereocenters. The average Bonchev–Trinajstić information content (AvgIpc) is 3.29. The largest absolute Gasteiger partial charge is 0.478 e. The van der Waals surface area contributed by atoms with E-state index in [0.717, 1.165) is 31.2 Å². The topological polar surface area (TPSA) is 93.3 Å². The van der Waals surface area contributed by atoms with Crippen molar-refractivity contribution in [2.24, 2.45) is 11.8 Å². The number of hydrogen-bond donors (Lipinski definition) is 1. The summed E-state index contributed by atoms with van der Waals surface area (Å²) in [6.07, 6.45) is 2.77. The monoisotopic (exact) mass is 448 g/mol. The molecule has 31 heavy (non-hydrogen) atoms. The van der Waals surface area contributed by atoms with Crippen molar-refractivity contribution in [1.29, 1.82) is 0 Å². The Bertz CT molecular complexity index is 1110. The normalized spacial score (nSPS) is 24.4. The molecule has 0 spiro atoms. The van der Waals surface area contributed by atoms with Gasteiger partial charge < -0.3 is 9.63 Å². The van der Waals surface area contributed by atoms with Gasteiger partial charge in [0.25, 0.3) is 11.8 Å². The zero-order valence-electron chi connectivity index (χ0n) is 17.0. The van der Waals surface area contributed by atoms with Gasteiger partial charge in [-0.15, -0.1) is 11.3 Å². The van der Waals surface area contributed by atoms with E-state index < -0.39 is 11.9 Å². The quantitative estimate of drug-likeness (QED) is 0.722. The molecule has 4 aliphatic carbocycles. The predicted molar refractivity (Wildman–Crippen MR) is 108 cm³/mol. The van der Waals surface area contributed by atoms with Crippen LogP contribution in [0.15, 0.2) is 15.7 Å². The van der Waals surface area contributed by atoms with Crippen LogP contribution in [0.4, 0.5) is 8.78 Å². The Hall–Kier alpha value is -2.42. The second-order valence-corrected chi connectivity index (χ2v) is 9.95. The van der Waals surface area contributed by atoms with Crippen LogP contribution in [0.2, 0.25) is 0 Å². The van der Waals surface area contributed by atoms with Gasteiger partial charge >= 0.3 is 5.97 Å². The number of carbonyl (C=O) groups excluding carboxylic acids is 1. The van der Waals surface area contributed by atoms with E-state index in [1.54, 1.807) is 6.92 Å². The van der Waals surface area contributed by atoms with E-state index in [1.165, 1.54) is 11.3 Å². The molecule has 1 N–H and O–H groups in total. The van der Waals surface area contributed by atoms with Crippen molar-refractivity contribution >= 4 is 23.1 Å². The number of alkyl halides is 2. The van der Waals surface area contributed by atoms with Gasteiger partial charge in [-0.25, -0.2) is 13.6 Å². The molecule has 0 radical (unpaired) electrons. The van der Waals surface area contributed by atoms with Crippen molar-refractivity contribution in [1.82, 2.24) is 10.1 Å². The molecule has 0 amide bonds. The highest BCUT2D eigenvalue weighted by atomic mass is 32.1. The van der Waals surface area contributed by atoms with Crippen molar-refractivity contribution in [3.8, 4) is 11.5 Å². The number of Topliss-reactive ketones (excluding diaryl/α,β-unsaturated/α-hetero) is 1. The highest BCUT2D eigenvalue weighted by molar-refractivity contribution is 7.12. The fourth-order valence-electron chi connectivity index (χ4n) is 5.40. The lowest BCUT2D eigenvalue weighted by Gasteiger charge is -2.38. The van der Waals surface area contributed by atoms with E-state index in [9.17, 15) is 23.5 Å². The number of ketones is 1. The summed E-state index contributed by atoms with van der Waals surface area (Å²) in [5.41, 5.74) is 2.03. The Morgan fingerprint density at radius 1 is 1.19 bits per heavy atom. The maximum Gasteiger partial charge on any atom is 0.332 e. The molecular weight excluding hydrogens is 426 g/mol. The molecule has 6 rings (SSSR count). The van der Waals surface area contributed by atoms with Crippen molar-refractivity contribution in [2.45, 2.75) is 64.2 Å². The number of rotatable bonds is 5. The van der Waals surface area contributed by atoms with Gasteiger partial charge in [0.15, 0.2) is 11.6 Å². The molecule has 2 aromatic rings. The van der Waals surface area contributed by atoms with Gasteiger partial charge in [0.05, 0.1) is 5.56 Å². The van der Waals surface area contributed by atoms with Crippen molar-refractivity contribution in [3.05, 3.63) is 32.3 Å². The summed E-state index contributed by atoms with van der Waals surface area (Å²) in [5.74, 6) is -3.46. The van der Waals surface area contributed by atoms with Gasteiger partial charge in [-0.05, 0) is 56.4 Å². The number of carboxylic acids is 1. The first kappa shape index (κ1) is 20.5. The molecule has 2 aromatic heterocycles. The van der Waals surface area contributed by atoms with Gasteiger partial charge in [-0.1, -0.05) is 5.16 Å². The maximum absolute atomic E-state index is 14.0. The Morgan fingerprint density at radius 2 is 1.87 bits per heavy atom. The second kappa shape index (κ2) is 7.32. The van der Waals surface area contributed by atoms with E-state index in [-0.39, 0.29) is 54.8 Å². The van der Waals surface area contributed by atoms with E-state index in [4.69, 9.17) is 4.52 Å².